The average molecular weight is 403 g/mol. The first kappa shape index (κ1) is 20.3. The number of hydrogen-bond donors (Lipinski definition) is 1. The second-order valence-corrected chi connectivity index (χ2v) is 7.91. The molecule has 148 valence electrons. The van der Waals surface area contributed by atoms with Crippen LogP contribution in [0.3, 0.4) is 0 Å². The lowest BCUT2D eigenvalue weighted by molar-refractivity contribution is -0.135. The summed E-state index contributed by atoms with van der Waals surface area (Å²) in [6, 6.07) is 12.4. The molecule has 0 saturated heterocycles. The first-order valence-corrected chi connectivity index (χ1v) is 9.85. The van der Waals surface area contributed by atoms with Gasteiger partial charge in [0.15, 0.2) is 0 Å². The maximum atomic E-state index is 13.3. The van der Waals surface area contributed by atoms with Crippen LogP contribution in [0.2, 0.25) is 5.02 Å². The lowest BCUT2D eigenvalue weighted by Crippen LogP contribution is -2.51. The van der Waals surface area contributed by atoms with Crippen LogP contribution in [0.5, 0.6) is 0 Å². The van der Waals surface area contributed by atoms with Gasteiger partial charge in [0, 0.05) is 12.6 Å². The van der Waals surface area contributed by atoms with Crippen molar-refractivity contribution in [1.82, 2.24) is 10.2 Å². The summed E-state index contributed by atoms with van der Waals surface area (Å²) in [5, 5.41) is 3.20. The van der Waals surface area contributed by atoms with E-state index in [1.165, 1.54) is 12.1 Å². The van der Waals surface area contributed by atoms with Crippen molar-refractivity contribution in [3.05, 3.63) is 70.5 Å². The maximum Gasteiger partial charge on any atom is 0.253 e. The summed E-state index contributed by atoms with van der Waals surface area (Å²) in [6.07, 6.45) is 1.88. The standard InChI is InChI=1S/C22H24ClFN2O2/c1-14(2)20(25-21(27)18-5-3-4-6-19(18)23)22(28)26(17-11-12-17)13-15-7-9-16(24)10-8-15/h3-10,14,17,20H,11-13H2,1-2H3,(H,25,27)/t20-/m0/s1. The minimum Gasteiger partial charge on any atom is -0.340 e. The molecule has 2 aromatic rings. The van der Waals surface area contributed by atoms with Gasteiger partial charge in [0.2, 0.25) is 5.91 Å². The summed E-state index contributed by atoms with van der Waals surface area (Å²) in [5.74, 6) is -0.883. The fourth-order valence-electron chi connectivity index (χ4n) is 3.12. The van der Waals surface area contributed by atoms with Gasteiger partial charge in [0.1, 0.15) is 11.9 Å². The van der Waals surface area contributed by atoms with Gasteiger partial charge < -0.3 is 10.2 Å². The Kier molecular flexibility index (Phi) is 6.35. The molecule has 1 aliphatic rings. The quantitative estimate of drug-likeness (QED) is 0.745. The van der Waals surface area contributed by atoms with Gasteiger partial charge >= 0.3 is 0 Å². The SMILES string of the molecule is CC(C)[C@H](NC(=O)c1ccccc1Cl)C(=O)N(Cc1ccc(F)cc1)C1CC1. The average Bonchev–Trinajstić information content (AvgIpc) is 3.50. The molecule has 0 radical (unpaired) electrons. The smallest absolute Gasteiger partial charge is 0.253 e. The maximum absolute atomic E-state index is 13.3. The predicted octanol–water partition coefficient (Wildman–Crippen LogP) is 4.42. The molecule has 1 N–H and O–H groups in total. The van der Waals surface area contributed by atoms with Crippen LogP contribution in [-0.4, -0.2) is 28.8 Å². The Morgan fingerprint density at radius 3 is 2.36 bits per heavy atom. The highest BCUT2D eigenvalue weighted by molar-refractivity contribution is 6.33. The molecule has 2 aromatic carbocycles. The minimum absolute atomic E-state index is 0.0894. The summed E-state index contributed by atoms with van der Waals surface area (Å²) >= 11 is 6.12. The van der Waals surface area contributed by atoms with E-state index in [1.54, 1.807) is 41.3 Å². The summed E-state index contributed by atoms with van der Waals surface area (Å²) in [5.41, 5.74) is 1.21. The topological polar surface area (TPSA) is 49.4 Å². The number of carbonyl (C=O) groups is 2. The van der Waals surface area contributed by atoms with Crippen molar-refractivity contribution < 1.29 is 14.0 Å². The summed E-state index contributed by atoms with van der Waals surface area (Å²) < 4.78 is 13.2. The van der Waals surface area contributed by atoms with E-state index < -0.39 is 6.04 Å². The van der Waals surface area contributed by atoms with Crippen LogP contribution in [0.15, 0.2) is 48.5 Å². The molecule has 0 unspecified atom stereocenters. The minimum atomic E-state index is -0.662. The van der Waals surface area contributed by atoms with E-state index in [0.717, 1.165) is 18.4 Å². The zero-order chi connectivity index (χ0) is 20.3. The Bertz CT molecular complexity index is 850. The van der Waals surface area contributed by atoms with Crippen molar-refractivity contribution in [3.8, 4) is 0 Å². The number of benzene rings is 2. The molecule has 1 aliphatic carbocycles. The van der Waals surface area contributed by atoms with Gasteiger partial charge in [-0.2, -0.15) is 0 Å². The molecule has 0 aliphatic heterocycles. The van der Waals surface area contributed by atoms with Crippen LogP contribution in [0.4, 0.5) is 4.39 Å². The Morgan fingerprint density at radius 2 is 1.79 bits per heavy atom. The number of hydrogen-bond acceptors (Lipinski definition) is 2. The predicted molar refractivity (Wildman–Crippen MR) is 108 cm³/mol. The molecular formula is C22H24ClFN2O2. The lowest BCUT2D eigenvalue weighted by atomic mass is 10.0. The molecule has 0 bridgehead atoms. The van der Waals surface area contributed by atoms with Crippen molar-refractivity contribution in [1.29, 1.82) is 0 Å². The number of nitrogens with zero attached hydrogens (tertiary/aromatic N) is 1. The van der Waals surface area contributed by atoms with Gasteiger partial charge in [-0.25, -0.2) is 4.39 Å². The molecule has 0 spiro atoms. The van der Waals surface area contributed by atoms with E-state index in [1.807, 2.05) is 13.8 Å². The third-order valence-corrected chi connectivity index (χ3v) is 5.20. The number of nitrogens with one attached hydrogen (secondary N) is 1. The van der Waals surface area contributed by atoms with Crippen LogP contribution in [0.1, 0.15) is 42.6 Å². The van der Waals surface area contributed by atoms with E-state index in [4.69, 9.17) is 11.6 Å². The third kappa shape index (κ3) is 4.90. The molecule has 0 heterocycles. The van der Waals surface area contributed by atoms with Gasteiger partial charge in [-0.1, -0.05) is 49.7 Å². The summed E-state index contributed by atoms with van der Waals surface area (Å²) in [4.78, 5) is 27.8. The highest BCUT2D eigenvalue weighted by Crippen LogP contribution is 2.30. The van der Waals surface area contributed by atoms with Crippen LogP contribution in [0, 0.1) is 11.7 Å². The number of carbonyl (C=O) groups excluding carboxylic acids is 2. The molecule has 1 fully saturated rings. The molecule has 28 heavy (non-hydrogen) atoms. The van der Waals surface area contributed by atoms with Crippen molar-refractivity contribution >= 4 is 23.4 Å². The van der Waals surface area contributed by atoms with Crippen LogP contribution in [0.25, 0.3) is 0 Å². The van der Waals surface area contributed by atoms with Crippen LogP contribution >= 0.6 is 11.6 Å². The molecule has 0 aromatic heterocycles. The zero-order valence-corrected chi connectivity index (χ0v) is 16.7. The Labute approximate surface area is 169 Å². The third-order valence-electron chi connectivity index (χ3n) is 4.87. The summed E-state index contributed by atoms with van der Waals surface area (Å²) in [7, 11) is 0. The fourth-order valence-corrected chi connectivity index (χ4v) is 3.34. The Balaban J connectivity index is 1.77. The fraction of sp³-hybridized carbons (Fsp3) is 0.364. The molecule has 3 rings (SSSR count). The van der Waals surface area contributed by atoms with Crippen LogP contribution < -0.4 is 5.32 Å². The first-order valence-electron chi connectivity index (χ1n) is 9.47. The summed E-state index contributed by atoms with van der Waals surface area (Å²) in [6.45, 7) is 4.20. The Morgan fingerprint density at radius 1 is 1.14 bits per heavy atom. The van der Waals surface area contributed by atoms with Gasteiger partial charge in [-0.15, -0.1) is 0 Å². The first-order chi connectivity index (χ1) is 13.4. The largest absolute Gasteiger partial charge is 0.340 e. The zero-order valence-electron chi connectivity index (χ0n) is 16.0. The van der Waals surface area contributed by atoms with E-state index >= 15 is 0 Å². The number of halogens is 2. The van der Waals surface area contributed by atoms with Gasteiger partial charge in [-0.05, 0) is 48.6 Å². The number of rotatable bonds is 7. The second-order valence-electron chi connectivity index (χ2n) is 7.50. The lowest BCUT2D eigenvalue weighted by Gasteiger charge is -2.30. The van der Waals surface area contributed by atoms with E-state index in [2.05, 4.69) is 5.32 Å². The number of amides is 2. The molecule has 6 heteroatoms. The molecule has 1 saturated carbocycles. The van der Waals surface area contributed by atoms with Crippen molar-refractivity contribution in [2.24, 2.45) is 5.92 Å². The molecule has 2 amide bonds. The van der Waals surface area contributed by atoms with E-state index in [-0.39, 0.29) is 29.6 Å². The van der Waals surface area contributed by atoms with Gasteiger partial charge in [0.05, 0.1) is 10.6 Å². The normalized spacial score (nSPS) is 14.6. The highest BCUT2D eigenvalue weighted by Gasteiger charge is 2.37. The van der Waals surface area contributed by atoms with Crippen molar-refractivity contribution in [3.63, 3.8) is 0 Å². The van der Waals surface area contributed by atoms with Crippen LogP contribution in [-0.2, 0) is 11.3 Å². The van der Waals surface area contributed by atoms with E-state index in [0.29, 0.717) is 17.1 Å². The molecule has 1 atom stereocenters. The molecular weight excluding hydrogens is 379 g/mol. The second kappa shape index (κ2) is 8.74. The molecule has 4 nitrogen and oxygen atoms in total. The Hall–Kier alpha value is -2.40. The monoisotopic (exact) mass is 402 g/mol. The van der Waals surface area contributed by atoms with Crippen molar-refractivity contribution in [2.75, 3.05) is 0 Å². The van der Waals surface area contributed by atoms with Crippen molar-refractivity contribution in [2.45, 2.75) is 45.3 Å². The van der Waals surface area contributed by atoms with Gasteiger partial charge in [0.25, 0.3) is 5.91 Å². The van der Waals surface area contributed by atoms with Gasteiger partial charge in [-0.3, -0.25) is 9.59 Å². The van der Waals surface area contributed by atoms with E-state index in [9.17, 15) is 14.0 Å². The highest BCUT2D eigenvalue weighted by atomic mass is 35.5.